The number of phenolic OH excluding ortho intramolecular Hbond substituents is 2. The van der Waals surface area contributed by atoms with E-state index in [2.05, 4.69) is 5.32 Å². The maximum absolute atomic E-state index is 13.1. The molecule has 2 aromatic carbocycles. The maximum Gasteiger partial charge on any atom is 0.157 e. The number of nitrogens with one attached hydrogen (secondary N) is 1. The van der Waals surface area contributed by atoms with E-state index in [-0.39, 0.29) is 17.3 Å². The largest absolute Gasteiger partial charge is 0.504 e. The number of phenols is 2. The van der Waals surface area contributed by atoms with Crippen molar-refractivity contribution in [3.63, 3.8) is 0 Å². The van der Waals surface area contributed by atoms with Gasteiger partial charge in [-0.25, -0.2) is 4.39 Å². The molecule has 0 atom stereocenters. The van der Waals surface area contributed by atoms with Gasteiger partial charge in [0.05, 0.1) is 0 Å². The average Bonchev–Trinajstić information content (AvgIpc) is 2.35. The summed E-state index contributed by atoms with van der Waals surface area (Å²) < 4.78 is 13.1. The van der Waals surface area contributed by atoms with E-state index in [4.69, 9.17) is 0 Å². The van der Waals surface area contributed by atoms with Crippen molar-refractivity contribution in [1.29, 1.82) is 0 Å². The predicted octanol–water partition coefficient (Wildman–Crippen LogP) is 3.16. The summed E-state index contributed by atoms with van der Waals surface area (Å²) in [6.07, 6.45) is 0. The lowest BCUT2D eigenvalue weighted by atomic mass is 10.1. The van der Waals surface area contributed by atoms with Crippen molar-refractivity contribution < 1.29 is 14.6 Å². The molecule has 18 heavy (non-hydrogen) atoms. The van der Waals surface area contributed by atoms with E-state index in [1.165, 1.54) is 18.2 Å². The van der Waals surface area contributed by atoms with Crippen LogP contribution in [0.5, 0.6) is 11.5 Å². The molecule has 0 aliphatic heterocycles. The van der Waals surface area contributed by atoms with E-state index in [1.54, 1.807) is 25.1 Å². The summed E-state index contributed by atoms with van der Waals surface area (Å²) in [5.74, 6) is -0.524. The van der Waals surface area contributed by atoms with Gasteiger partial charge in [-0.1, -0.05) is 6.07 Å². The third-order valence-corrected chi connectivity index (χ3v) is 2.69. The molecule has 4 heteroatoms. The fraction of sp³-hybridized carbons (Fsp3) is 0.143. The van der Waals surface area contributed by atoms with Crippen LogP contribution in [0.2, 0.25) is 0 Å². The second-order valence-electron chi connectivity index (χ2n) is 4.14. The summed E-state index contributed by atoms with van der Waals surface area (Å²) in [5.41, 5.74) is 2.21. The molecule has 0 radical (unpaired) electrons. The minimum Gasteiger partial charge on any atom is -0.504 e. The summed E-state index contributed by atoms with van der Waals surface area (Å²) in [6, 6.07) is 9.41. The molecule has 0 saturated carbocycles. The molecule has 2 rings (SSSR count). The Labute approximate surface area is 105 Å². The molecule has 0 fully saturated rings. The van der Waals surface area contributed by atoms with Crippen LogP contribution in [-0.2, 0) is 6.54 Å². The fourth-order valence-electron chi connectivity index (χ4n) is 1.64. The monoisotopic (exact) mass is 247 g/mol. The molecule has 0 amide bonds. The van der Waals surface area contributed by atoms with Crippen LogP contribution in [0, 0.1) is 12.7 Å². The number of aryl methyl sites for hydroxylation is 1. The third-order valence-electron chi connectivity index (χ3n) is 2.69. The van der Waals surface area contributed by atoms with Gasteiger partial charge in [-0.3, -0.25) is 0 Å². The van der Waals surface area contributed by atoms with Gasteiger partial charge in [-0.15, -0.1) is 0 Å². The summed E-state index contributed by atoms with van der Waals surface area (Å²) in [6.45, 7) is 2.19. The van der Waals surface area contributed by atoms with Crippen molar-refractivity contribution >= 4 is 5.69 Å². The maximum atomic E-state index is 13.1. The fourth-order valence-corrected chi connectivity index (χ4v) is 1.64. The van der Waals surface area contributed by atoms with Gasteiger partial charge in [0.15, 0.2) is 11.5 Å². The Morgan fingerprint density at radius 2 is 1.83 bits per heavy atom. The highest BCUT2D eigenvalue weighted by Gasteiger charge is 2.02. The molecule has 3 nitrogen and oxygen atoms in total. The van der Waals surface area contributed by atoms with Crippen LogP contribution in [0.15, 0.2) is 36.4 Å². The molecule has 0 heterocycles. The highest BCUT2D eigenvalue weighted by atomic mass is 19.1. The number of aromatic hydroxyl groups is 2. The standard InChI is InChI=1S/C14H14FNO2/c1-9-6-11(3-4-12(9)15)16-8-10-2-5-13(17)14(18)7-10/h2-7,16-18H,8H2,1H3. The lowest BCUT2D eigenvalue weighted by molar-refractivity contribution is 0.403. The van der Waals surface area contributed by atoms with Gasteiger partial charge >= 0.3 is 0 Å². The third kappa shape index (κ3) is 2.71. The number of benzene rings is 2. The van der Waals surface area contributed by atoms with Crippen LogP contribution < -0.4 is 5.32 Å². The number of hydrogen-bond acceptors (Lipinski definition) is 3. The average molecular weight is 247 g/mol. The molecule has 0 bridgehead atoms. The van der Waals surface area contributed by atoms with Gasteiger partial charge in [-0.2, -0.15) is 0 Å². The molecular weight excluding hydrogens is 233 g/mol. The van der Waals surface area contributed by atoms with E-state index >= 15 is 0 Å². The predicted molar refractivity (Wildman–Crippen MR) is 68.2 cm³/mol. The van der Waals surface area contributed by atoms with Crippen molar-refractivity contribution in [1.82, 2.24) is 0 Å². The van der Waals surface area contributed by atoms with Crippen LogP contribution in [0.1, 0.15) is 11.1 Å². The molecule has 0 aliphatic carbocycles. The van der Waals surface area contributed by atoms with Crippen LogP contribution in [0.25, 0.3) is 0 Å². The van der Waals surface area contributed by atoms with Gasteiger partial charge in [0, 0.05) is 12.2 Å². The quantitative estimate of drug-likeness (QED) is 0.730. The van der Waals surface area contributed by atoms with Gasteiger partial charge in [0.1, 0.15) is 5.82 Å². The Kier molecular flexibility index (Phi) is 3.37. The molecule has 2 aromatic rings. The normalized spacial score (nSPS) is 10.3. The van der Waals surface area contributed by atoms with Crippen LogP contribution in [-0.4, -0.2) is 10.2 Å². The topological polar surface area (TPSA) is 52.5 Å². The molecule has 0 aromatic heterocycles. The second-order valence-corrected chi connectivity index (χ2v) is 4.14. The van der Waals surface area contributed by atoms with E-state index < -0.39 is 0 Å². The Morgan fingerprint density at radius 1 is 1.06 bits per heavy atom. The van der Waals surface area contributed by atoms with Gasteiger partial charge in [0.2, 0.25) is 0 Å². The zero-order valence-corrected chi connectivity index (χ0v) is 9.94. The summed E-state index contributed by atoms with van der Waals surface area (Å²) in [4.78, 5) is 0. The van der Waals surface area contributed by atoms with E-state index in [0.717, 1.165) is 11.3 Å². The second kappa shape index (κ2) is 4.96. The highest BCUT2D eigenvalue weighted by molar-refractivity contribution is 5.47. The van der Waals surface area contributed by atoms with Crippen molar-refractivity contribution in [3.05, 3.63) is 53.3 Å². The molecule has 0 spiro atoms. The van der Waals surface area contributed by atoms with Crippen molar-refractivity contribution in [2.45, 2.75) is 13.5 Å². The van der Waals surface area contributed by atoms with Crippen LogP contribution >= 0.6 is 0 Å². The Balaban J connectivity index is 2.06. The molecule has 94 valence electrons. The van der Waals surface area contributed by atoms with Crippen LogP contribution in [0.4, 0.5) is 10.1 Å². The first kappa shape index (κ1) is 12.2. The molecule has 0 unspecified atom stereocenters. The molecule has 0 aliphatic rings. The minimum atomic E-state index is -0.233. The highest BCUT2D eigenvalue weighted by Crippen LogP contribution is 2.25. The summed E-state index contributed by atoms with van der Waals surface area (Å²) >= 11 is 0. The SMILES string of the molecule is Cc1cc(NCc2ccc(O)c(O)c2)ccc1F. The lowest BCUT2D eigenvalue weighted by Crippen LogP contribution is -1.99. The first-order chi connectivity index (χ1) is 8.56. The molecule has 3 N–H and O–H groups in total. The van der Waals surface area contributed by atoms with E-state index in [9.17, 15) is 14.6 Å². The molecular formula is C14H14FNO2. The van der Waals surface area contributed by atoms with Crippen LogP contribution in [0.3, 0.4) is 0 Å². The Hall–Kier alpha value is -2.23. The smallest absolute Gasteiger partial charge is 0.157 e. The van der Waals surface area contributed by atoms with E-state index in [0.29, 0.717) is 12.1 Å². The number of hydrogen-bond donors (Lipinski definition) is 3. The van der Waals surface area contributed by atoms with Gasteiger partial charge < -0.3 is 15.5 Å². The zero-order valence-electron chi connectivity index (χ0n) is 9.94. The number of halogens is 1. The van der Waals surface area contributed by atoms with Crippen molar-refractivity contribution in [2.24, 2.45) is 0 Å². The Morgan fingerprint density at radius 3 is 2.50 bits per heavy atom. The first-order valence-electron chi connectivity index (χ1n) is 5.57. The van der Waals surface area contributed by atoms with Crippen molar-refractivity contribution in [2.75, 3.05) is 5.32 Å². The van der Waals surface area contributed by atoms with Gasteiger partial charge in [0.25, 0.3) is 0 Å². The first-order valence-corrected chi connectivity index (χ1v) is 5.57. The number of rotatable bonds is 3. The number of anilines is 1. The van der Waals surface area contributed by atoms with E-state index in [1.807, 2.05) is 0 Å². The Bertz CT molecular complexity index is 518. The minimum absolute atomic E-state index is 0.142. The molecule has 0 saturated heterocycles. The van der Waals surface area contributed by atoms with Gasteiger partial charge in [-0.05, 0) is 48.4 Å². The zero-order chi connectivity index (χ0) is 13.1. The van der Waals surface area contributed by atoms with Crippen molar-refractivity contribution in [3.8, 4) is 11.5 Å². The summed E-state index contributed by atoms with van der Waals surface area (Å²) in [5, 5.41) is 21.7. The summed E-state index contributed by atoms with van der Waals surface area (Å²) in [7, 11) is 0. The lowest BCUT2D eigenvalue weighted by Gasteiger charge is -2.08.